The summed E-state index contributed by atoms with van der Waals surface area (Å²) in [5, 5.41) is 0.942. The van der Waals surface area contributed by atoms with Crippen LogP contribution in [0.4, 0.5) is 4.39 Å². The second kappa shape index (κ2) is 2.67. The Hall–Kier alpha value is -0.420. The lowest BCUT2D eigenvalue weighted by Crippen LogP contribution is -2.00. The molecule has 2 heteroatoms. The van der Waals surface area contributed by atoms with E-state index in [2.05, 4.69) is 9.24 Å². The summed E-state index contributed by atoms with van der Waals surface area (Å²) in [5.41, 5.74) is 1.68. The van der Waals surface area contributed by atoms with Gasteiger partial charge < -0.3 is 0 Å². The van der Waals surface area contributed by atoms with Gasteiger partial charge in [0.05, 0.1) is 0 Å². The maximum atomic E-state index is 12.8. The van der Waals surface area contributed by atoms with Gasteiger partial charge in [-0.05, 0) is 36.3 Å². The molecule has 0 radical (unpaired) electrons. The Morgan fingerprint density at radius 1 is 1.30 bits per heavy atom. The van der Waals surface area contributed by atoms with Crippen molar-refractivity contribution >= 4 is 14.5 Å². The van der Waals surface area contributed by atoms with Crippen LogP contribution in [0.25, 0.3) is 0 Å². The molecule has 1 aromatic carbocycles. The molecule has 10 heavy (non-hydrogen) atoms. The Morgan fingerprint density at radius 3 is 2.40 bits per heavy atom. The lowest BCUT2D eigenvalue weighted by atomic mass is 10.1. The third kappa shape index (κ3) is 1.35. The van der Waals surface area contributed by atoms with Crippen LogP contribution in [-0.4, -0.2) is 0 Å². The molecule has 0 spiro atoms. The van der Waals surface area contributed by atoms with Crippen molar-refractivity contribution in [2.45, 2.75) is 13.8 Å². The molecule has 0 bridgehead atoms. The van der Waals surface area contributed by atoms with Crippen molar-refractivity contribution in [1.29, 1.82) is 0 Å². The fourth-order valence-electron chi connectivity index (χ4n) is 0.841. The van der Waals surface area contributed by atoms with E-state index in [0.29, 0.717) is 0 Å². The van der Waals surface area contributed by atoms with Crippen molar-refractivity contribution in [2.24, 2.45) is 0 Å². The van der Waals surface area contributed by atoms with Gasteiger partial charge in [0.2, 0.25) is 0 Å². The molecule has 0 saturated heterocycles. The predicted molar refractivity (Wildman–Crippen MR) is 45.2 cm³/mol. The number of hydrogen-bond acceptors (Lipinski definition) is 0. The standard InChI is InChI=1S/C8H10FP/c1-5-3-7(9)6(2)8(10)4-5/h3-4H,10H2,1-2H3. The molecule has 1 rings (SSSR count). The average Bonchev–Trinajstić information content (AvgIpc) is 1.82. The van der Waals surface area contributed by atoms with Crippen molar-refractivity contribution in [1.82, 2.24) is 0 Å². The first kappa shape index (κ1) is 7.68. The first-order chi connectivity index (χ1) is 4.61. The highest BCUT2D eigenvalue weighted by Crippen LogP contribution is 2.08. The van der Waals surface area contributed by atoms with Gasteiger partial charge in [0.15, 0.2) is 0 Å². The fraction of sp³-hybridized carbons (Fsp3) is 0.250. The molecule has 0 aromatic heterocycles. The Morgan fingerprint density at radius 2 is 1.90 bits per heavy atom. The van der Waals surface area contributed by atoms with Crippen LogP contribution < -0.4 is 5.30 Å². The quantitative estimate of drug-likeness (QED) is 0.503. The van der Waals surface area contributed by atoms with Crippen LogP contribution in [-0.2, 0) is 0 Å². The molecule has 0 nitrogen and oxygen atoms in total. The zero-order valence-electron chi connectivity index (χ0n) is 6.11. The molecule has 0 aliphatic heterocycles. The summed E-state index contributed by atoms with van der Waals surface area (Å²) in [4.78, 5) is 0. The highest BCUT2D eigenvalue weighted by Gasteiger charge is 1.99. The van der Waals surface area contributed by atoms with Crippen molar-refractivity contribution in [3.05, 3.63) is 29.1 Å². The van der Waals surface area contributed by atoms with Gasteiger partial charge in [-0.15, -0.1) is 9.24 Å². The van der Waals surface area contributed by atoms with Crippen molar-refractivity contribution < 1.29 is 4.39 Å². The van der Waals surface area contributed by atoms with Gasteiger partial charge in [0.1, 0.15) is 5.82 Å². The first-order valence-electron chi connectivity index (χ1n) is 3.13. The van der Waals surface area contributed by atoms with Crippen LogP contribution in [0.2, 0.25) is 0 Å². The monoisotopic (exact) mass is 156 g/mol. The number of hydrogen-bond donors (Lipinski definition) is 0. The summed E-state index contributed by atoms with van der Waals surface area (Å²) in [7, 11) is 2.52. The maximum Gasteiger partial charge on any atom is 0.126 e. The largest absolute Gasteiger partial charge is 0.207 e. The maximum absolute atomic E-state index is 12.8. The molecule has 0 aliphatic rings. The Bertz CT molecular complexity index is 232. The van der Waals surface area contributed by atoms with Gasteiger partial charge in [-0.25, -0.2) is 4.39 Å². The summed E-state index contributed by atoms with van der Waals surface area (Å²) in [5.74, 6) is -0.120. The summed E-state index contributed by atoms with van der Waals surface area (Å²) in [6.45, 7) is 3.66. The number of aryl methyl sites for hydroxylation is 1. The molecule has 0 fully saturated rings. The van der Waals surface area contributed by atoms with E-state index in [0.717, 1.165) is 16.4 Å². The smallest absolute Gasteiger partial charge is 0.126 e. The molecule has 0 heterocycles. The minimum Gasteiger partial charge on any atom is -0.207 e. The third-order valence-corrected chi connectivity index (χ3v) is 2.13. The highest BCUT2D eigenvalue weighted by atomic mass is 31.0. The fourth-order valence-corrected chi connectivity index (χ4v) is 1.24. The molecule has 0 amide bonds. The van der Waals surface area contributed by atoms with Crippen LogP contribution in [0.5, 0.6) is 0 Å². The van der Waals surface area contributed by atoms with E-state index < -0.39 is 0 Å². The normalized spacial score (nSPS) is 10.0. The van der Waals surface area contributed by atoms with Gasteiger partial charge in [0, 0.05) is 0 Å². The van der Waals surface area contributed by atoms with Gasteiger partial charge in [-0.2, -0.15) is 0 Å². The lowest BCUT2D eigenvalue weighted by molar-refractivity contribution is 0.619. The van der Waals surface area contributed by atoms with Crippen LogP contribution in [0.3, 0.4) is 0 Å². The van der Waals surface area contributed by atoms with Crippen LogP contribution >= 0.6 is 9.24 Å². The summed E-state index contributed by atoms with van der Waals surface area (Å²) < 4.78 is 12.8. The molecule has 1 atom stereocenters. The molecule has 1 aromatic rings. The zero-order chi connectivity index (χ0) is 7.72. The molecule has 1 unspecified atom stereocenters. The summed E-state index contributed by atoms with van der Waals surface area (Å²) in [6, 6.07) is 3.49. The Labute approximate surface area is 62.7 Å². The predicted octanol–water partition coefficient (Wildman–Crippen LogP) is 1.94. The number of benzene rings is 1. The second-order valence-corrected chi connectivity index (χ2v) is 3.08. The van der Waals surface area contributed by atoms with Gasteiger partial charge >= 0.3 is 0 Å². The van der Waals surface area contributed by atoms with Gasteiger partial charge in [-0.1, -0.05) is 6.07 Å². The van der Waals surface area contributed by atoms with E-state index in [1.165, 1.54) is 0 Å². The van der Waals surface area contributed by atoms with Crippen molar-refractivity contribution in [3.8, 4) is 0 Å². The molecule has 0 saturated carbocycles. The highest BCUT2D eigenvalue weighted by molar-refractivity contribution is 7.27. The Balaban J connectivity index is 3.31. The third-order valence-electron chi connectivity index (χ3n) is 1.53. The number of rotatable bonds is 0. The van der Waals surface area contributed by atoms with Crippen LogP contribution in [0, 0.1) is 19.7 Å². The molecule has 0 N–H and O–H groups in total. The molecular formula is C8H10FP. The molecule has 54 valence electrons. The van der Waals surface area contributed by atoms with Crippen molar-refractivity contribution in [2.75, 3.05) is 0 Å². The first-order valence-corrected chi connectivity index (χ1v) is 3.71. The SMILES string of the molecule is Cc1cc(F)c(C)c(P)c1. The minimum atomic E-state index is -0.120. The van der Waals surface area contributed by atoms with E-state index in [1.54, 1.807) is 13.0 Å². The van der Waals surface area contributed by atoms with Gasteiger partial charge in [0.25, 0.3) is 0 Å². The van der Waals surface area contributed by atoms with Crippen LogP contribution in [0.15, 0.2) is 12.1 Å². The Kier molecular flexibility index (Phi) is 2.05. The molecular weight excluding hydrogens is 146 g/mol. The topological polar surface area (TPSA) is 0 Å². The second-order valence-electron chi connectivity index (χ2n) is 2.46. The van der Waals surface area contributed by atoms with E-state index in [4.69, 9.17) is 0 Å². The lowest BCUT2D eigenvalue weighted by Gasteiger charge is -2.01. The van der Waals surface area contributed by atoms with E-state index in [1.807, 2.05) is 13.0 Å². The van der Waals surface area contributed by atoms with Gasteiger partial charge in [-0.3, -0.25) is 0 Å². The number of halogens is 1. The summed E-state index contributed by atoms with van der Waals surface area (Å²) >= 11 is 0. The van der Waals surface area contributed by atoms with E-state index >= 15 is 0 Å². The zero-order valence-corrected chi connectivity index (χ0v) is 7.26. The van der Waals surface area contributed by atoms with E-state index in [9.17, 15) is 4.39 Å². The minimum absolute atomic E-state index is 0.120. The molecule has 0 aliphatic carbocycles. The van der Waals surface area contributed by atoms with Crippen LogP contribution in [0.1, 0.15) is 11.1 Å². The van der Waals surface area contributed by atoms with E-state index in [-0.39, 0.29) is 5.82 Å². The summed E-state index contributed by atoms with van der Waals surface area (Å²) in [6.07, 6.45) is 0. The van der Waals surface area contributed by atoms with Crippen molar-refractivity contribution in [3.63, 3.8) is 0 Å². The average molecular weight is 156 g/mol.